The van der Waals surface area contributed by atoms with Crippen LogP contribution < -0.4 is 5.32 Å². The molecule has 0 aliphatic rings. The number of aliphatic carboxylic acids is 1. The van der Waals surface area contributed by atoms with Crippen LogP contribution in [0, 0.1) is 0 Å². The summed E-state index contributed by atoms with van der Waals surface area (Å²) in [6, 6.07) is -1.32. The van der Waals surface area contributed by atoms with E-state index in [9.17, 15) is 29.0 Å². The van der Waals surface area contributed by atoms with Gasteiger partial charge in [-0.3, -0.25) is 9.32 Å². The van der Waals surface area contributed by atoms with Crippen LogP contribution in [0.15, 0.2) is 0 Å². The zero-order chi connectivity index (χ0) is 30.7. The number of carbonyl (C=O) groups is 2. The van der Waals surface area contributed by atoms with Crippen molar-refractivity contribution in [1.82, 2.24) is 5.32 Å². The van der Waals surface area contributed by atoms with E-state index in [0.717, 1.165) is 19.3 Å². The van der Waals surface area contributed by atoms with E-state index in [4.69, 9.17) is 9.26 Å². The number of unbranched alkanes of at least 4 members (excludes halogenated alkanes) is 14. The highest BCUT2D eigenvalue weighted by atomic mass is 31.2. The number of carboxylic acid groups (broad SMARTS) is 1. The fourth-order valence-electron chi connectivity index (χ4n) is 5.22. The standard InChI is InChI=1S/C29H59N2O8P/c1-7-9-10-11-12-13-14-15-16-17-18-19-20-21-22-23-26(32)30-27(25(3)38-8-2)29(28(33)34,24-31(4,5)6)39-40(35,36)37/h25,27H,7-24H2,1-6H3,(H3-,30,32,33,34,35,36,37)/p+1. The van der Waals surface area contributed by atoms with Crippen LogP contribution in [0.3, 0.4) is 0 Å². The van der Waals surface area contributed by atoms with Crippen LogP contribution in [0.2, 0.25) is 0 Å². The predicted octanol–water partition coefficient (Wildman–Crippen LogP) is 5.80. The minimum Gasteiger partial charge on any atom is -0.479 e. The maximum Gasteiger partial charge on any atom is 0.470 e. The summed E-state index contributed by atoms with van der Waals surface area (Å²) < 4.78 is 22.5. The van der Waals surface area contributed by atoms with Crippen LogP contribution in [-0.4, -0.2) is 83.3 Å². The number of hydrogen-bond acceptors (Lipinski definition) is 5. The minimum atomic E-state index is -5.23. The summed E-state index contributed by atoms with van der Waals surface area (Å²) >= 11 is 0. The summed E-state index contributed by atoms with van der Waals surface area (Å²) in [6.07, 6.45) is 17.5. The molecule has 0 saturated carbocycles. The second kappa shape index (κ2) is 20.8. The molecule has 3 atom stereocenters. The summed E-state index contributed by atoms with van der Waals surface area (Å²) in [5, 5.41) is 12.9. The van der Waals surface area contributed by atoms with Crippen molar-refractivity contribution < 1.29 is 42.8 Å². The molecule has 0 aliphatic heterocycles. The van der Waals surface area contributed by atoms with Gasteiger partial charge >= 0.3 is 13.8 Å². The fourth-order valence-corrected chi connectivity index (χ4v) is 5.89. The number of phosphoric ester groups is 1. The van der Waals surface area contributed by atoms with Crippen molar-refractivity contribution in [3.8, 4) is 0 Å². The average Bonchev–Trinajstić information content (AvgIpc) is 2.82. The van der Waals surface area contributed by atoms with E-state index in [0.29, 0.717) is 6.42 Å². The number of nitrogens with one attached hydrogen (secondary N) is 1. The molecule has 0 aromatic carbocycles. The molecule has 11 heteroatoms. The van der Waals surface area contributed by atoms with Gasteiger partial charge in [0.25, 0.3) is 0 Å². The predicted molar refractivity (Wildman–Crippen MR) is 159 cm³/mol. The van der Waals surface area contributed by atoms with E-state index >= 15 is 0 Å². The zero-order valence-corrected chi connectivity index (χ0v) is 27.1. The quantitative estimate of drug-likeness (QED) is 0.0559. The number of amides is 1. The molecule has 0 fully saturated rings. The normalized spacial score (nSPS) is 15.4. The van der Waals surface area contributed by atoms with Crippen LogP contribution >= 0.6 is 7.82 Å². The van der Waals surface area contributed by atoms with Gasteiger partial charge in [-0.25, -0.2) is 9.36 Å². The molecular formula is C29H60N2O8P+. The lowest BCUT2D eigenvalue weighted by Crippen LogP contribution is -2.68. The first-order valence-electron chi connectivity index (χ1n) is 15.4. The van der Waals surface area contributed by atoms with Crippen molar-refractivity contribution in [2.75, 3.05) is 34.3 Å². The molecule has 0 heterocycles. The van der Waals surface area contributed by atoms with Crippen molar-refractivity contribution in [2.45, 2.75) is 141 Å². The minimum absolute atomic E-state index is 0.0244. The number of carboxylic acids is 1. The molecule has 0 bridgehead atoms. The van der Waals surface area contributed by atoms with Crippen LogP contribution in [-0.2, 0) is 23.4 Å². The van der Waals surface area contributed by atoms with Gasteiger partial charge in [-0.2, -0.15) is 0 Å². The van der Waals surface area contributed by atoms with Gasteiger partial charge in [-0.1, -0.05) is 96.8 Å². The topological polar surface area (TPSA) is 142 Å². The van der Waals surface area contributed by atoms with E-state index in [1.54, 1.807) is 35.0 Å². The number of ether oxygens (including phenoxy) is 1. The number of likely N-dealkylation sites (N-methyl/N-ethyl adjacent to an activating group) is 1. The van der Waals surface area contributed by atoms with E-state index in [2.05, 4.69) is 12.2 Å². The lowest BCUT2D eigenvalue weighted by molar-refractivity contribution is -0.875. The van der Waals surface area contributed by atoms with E-state index in [-0.39, 0.29) is 24.1 Å². The van der Waals surface area contributed by atoms with Crippen molar-refractivity contribution >= 4 is 19.7 Å². The van der Waals surface area contributed by atoms with Gasteiger partial charge in [0.05, 0.1) is 27.2 Å². The van der Waals surface area contributed by atoms with Gasteiger partial charge < -0.3 is 29.4 Å². The van der Waals surface area contributed by atoms with Crippen molar-refractivity contribution in [2.24, 2.45) is 0 Å². The number of quaternary nitrogens is 1. The lowest BCUT2D eigenvalue weighted by atomic mass is 9.88. The van der Waals surface area contributed by atoms with Gasteiger partial charge in [0.2, 0.25) is 11.5 Å². The Morgan fingerprint density at radius 2 is 1.25 bits per heavy atom. The molecule has 40 heavy (non-hydrogen) atoms. The van der Waals surface area contributed by atoms with Crippen molar-refractivity contribution in [1.29, 1.82) is 0 Å². The molecule has 1 amide bonds. The van der Waals surface area contributed by atoms with Crippen LogP contribution in [0.5, 0.6) is 0 Å². The zero-order valence-electron chi connectivity index (χ0n) is 26.2. The van der Waals surface area contributed by atoms with E-state index in [1.165, 1.54) is 70.6 Å². The highest BCUT2D eigenvalue weighted by Crippen LogP contribution is 2.44. The van der Waals surface area contributed by atoms with Gasteiger partial charge in [0.15, 0.2) is 0 Å². The molecule has 0 aromatic rings. The number of hydrogen-bond donors (Lipinski definition) is 4. The second-order valence-corrected chi connectivity index (χ2v) is 13.3. The first-order chi connectivity index (χ1) is 18.7. The van der Waals surface area contributed by atoms with Crippen molar-refractivity contribution in [3.63, 3.8) is 0 Å². The third-order valence-electron chi connectivity index (χ3n) is 7.08. The molecule has 0 saturated heterocycles. The molecule has 0 rings (SSSR count). The summed E-state index contributed by atoms with van der Waals surface area (Å²) in [4.78, 5) is 44.6. The maximum atomic E-state index is 12.9. The first kappa shape index (κ1) is 39.0. The third kappa shape index (κ3) is 18.4. The Bertz CT molecular complexity index is 740. The Kier molecular flexibility index (Phi) is 20.2. The van der Waals surface area contributed by atoms with Crippen LogP contribution in [0.1, 0.15) is 124 Å². The van der Waals surface area contributed by atoms with E-state index < -0.39 is 37.4 Å². The smallest absolute Gasteiger partial charge is 0.470 e. The average molecular weight is 596 g/mol. The highest BCUT2D eigenvalue weighted by molar-refractivity contribution is 7.46. The molecule has 0 aliphatic carbocycles. The van der Waals surface area contributed by atoms with Crippen LogP contribution in [0.25, 0.3) is 0 Å². The number of carbonyl (C=O) groups excluding carboxylic acids is 1. The fraction of sp³-hybridized carbons (Fsp3) is 0.931. The Balaban J connectivity index is 4.74. The molecule has 3 unspecified atom stereocenters. The molecule has 10 nitrogen and oxygen atoms in total. The van der Waals surface area contributed by atoms with Gasteiger partial charge in [-0.05, 0) is 20.3 Å². The Morgan fingerprint density at radius 1 is 0.825 bits per heavy atom. The largest absolute Gasteiger partial charge is 0.479 e. The van der Waals surface area contributed by atoms with Gasteiger partial charge in [0, 0.05) is 13.0 Å². The highest BCUT2D eigenvalue weighted by Gasteiger charge is 2.58. The summed E-state index contributed by atoms with van der Waals surface area (Å²) in [7, 11) is -0.191. The Labute approximate surface area is 243 Å². The molecule has 0 aromatic heterocycles. The van der Waals surface area contributed by atoms with Crippen molar-refractivity contribution in [3.05, 3.63) is 0 Å². The maximum absolute atomic E-state index is 12.9. The summed E-state index contributed by atoms with van der Waals surface area (Å²) in [6.45, 7) is 5.45. The molecular weight excluding hydrogens is 535 g/mol. The lowest BCUT2D eigenvalue weighted by Gasteiger charge is -2.42. The van der Waals surface area contributed by atoms with Crippen LogP contribution in [0.4, 0.5) is 0 Å². The molecule has 0 spiro atoms. The molecule has 0 radical (unpaired) electrons. The second-order valence-electron chi connectivity index (χ2n) is 12.1. The van der Waals surface area contributed by atoms with Gasteiger partial charge in [0.1, 0.15) is 12.6 Å². The number of rotatable bonds is 26. The molecule has 238 valence electrons. The Morgan fingerprint density at radius 3 is 1.60 bits per heavy atom. The SMILES string of the molecule is CCCCCCCCCCCCCCCCCC(=O)NC(C(C)OCC)C(C[N+](C)(C)C)(OP(=O)(O)O)C(=O)O. The molecule has 4 N–H and O–H groups in total. The Hall–Kier alpha value is -1.03. The number of nitrogens with zero attached hydrogens (tertiary/aromatic N) is 1. The summed E-state index contributed by atoms with van der Waals surface area (Å²) in [5.74, 6) is -1.97. The third-order valence-corrected chi connectivity index (χ3v) is 7.64. The van der Waals surface area contributed by atoms with Gasteiger partial charge in [-0.15, -0.1) is 0 Å². The summed E-state index contributed by atoms with van der Waals surface area (Å²) in [5.41, 5.74) is -2.41. The number of phosphoric acid groups is 1. The monoisotopic (exact) mass is 595 g/mol. The van der Waals surface area contributed by atoms with E-state index in [1.807, 2.05) is 0 Å². The first-order valence-corrected chi connectivity index (χ1v) is 16.9.